The molecule has 0 radical (unpaired) electrons. The zero-order valence-corrected chi connectivity index (χ0v) is 15.0. The Balaban J connectivity index is 1.62. The van der Waals surface area contributed by atoms with Crippen LogP contribution in [-0.2, 0) is 13.5 Å². The molecule has 2 heterocycles. The van der Waals surface area contributed by atoms with Gasteiger partial charge in [-0.3, -0.25) is 4.68 Å². The van der Waals surface area contributed by atoms with Crippen LogP contribution in [0, 0.1) is 17.6 Å². The Labute approximate surface area is 152 Å². The van der Waals surface area contributed by atoms with Crippen molar-refractivity contribution in [1.29, 1.82) is 0 Å². The maximum Gasteiger partial charge on any atom is 0.168 e. The molecule has 2 aromatic rings. The fraction of sp³-hybridized carbons (Fsp3) is 0.579. The molecule has 0 spiro atoms. The number of hydrogen-bond acceptors (Lipinski definition) is 4. The maximum absolute atomic E-state index is 14.5. The molecule has 4 rings (SSSR count). The molecule has 2 aromatic heterocycles. The van der Waals surface area contributed by atoms with Gasteiger partial charge in [0.05, 0.1) is 6.20 Å². The van der Waals surface area contributed by atoms with Gasteiger partial charge in [0, 0.05) is 36.5 Å². The van der Waals surface area contributed by atoms with E-state index in [2.05, 4.69) is 15.4 Å². The number of aryl methyl sites for hydroxylation is 1. The lowest BCUT2D eigenvalue weighted by molar-refractivity contribution is 0.409. The lowest BCUT2D eigenvalue weighted by Gasteiger charge is -2.27. The van der Waals surface area contributed by atoms with E-state index >= 15 is 0 Å². The number of halogens is 2. The van der Waals surface area contributed by atoms with Crippen LogP contribution in [-0.4, -0.2) is 26.8 Å². The maximum atomic E-state index is 14.5. The SMILES string of the molecule is Cn1ncc(-c2nc(NC3CCC(N)CC3)c(F)cc2F)c1CC1CC1. The Bertz CT molecular complexity index is 791. The number of rotatable bonds is 5. The largest absolute Gasteiger partial charge is 0.365 e. The zero-order chi connectivity index (χ0) is 18.3. The zero-order valence-electron chi connectivity index (χ0n) is 15.0. The minimum atomic E-state index is -0.659. The van der Waals surface area contributed by atoms with Crippen molar-refractivity contribution in [2.24, 2.45) is 18.7 Å². The van der Waals surface area contributed by atoms with Crippen LogP contribution in [0.25, 0.3) is 11.3 Å². The fourth-order valence-electron chi connectivity index (χ4n) is 3.71. The fourth-order valence-corrected chi connectivity index (χ4v) is 3.71. The molecule has 2 fully saturated rings. The third kappa shape index (κ3) is 3.58. The van der Waals surface area contributed by atoms with E-state index in [-0.39, 0.29) is 23.6 Å². The molecular formula is C19H25F2N5. The van der Waals surface area contributed by atoms with Crippen LogP contribution in [0.5, 0.6) is 0 Å². The number of anilines is 1. The molecular weight excluding hydrogens is 336 g/mol. The van der Waals surface area contributed by atoms with Crippen LogP contribution >= 0.6 is 0 Å². The second-order valence-corrected chi connectivity index (χ2v) is 7.68. The standard InChI is InChI=1S/C19H25F2N5/c1-26-17(8-11-2-3-11)14(10-23-26)18-15(20)9-16(21)19(25-18)24-13-6-4-12(22)5-7-13/h9-13H,2-8,22H2,1H3,(H,24,25). The molecule has 0 bridgehead atoms. The summed E-state index contributed by atoms with van der Waals surface area (Å²) in [4.78, 5) is 4.31. The van der Waals surface area contributed by atoms with E-state index in [1.807, 2.05) is 7.05 Å². The second kappa shape index (κ2) is 6.95. The Morgan fingerprint density at radius 3 is 2.58 bits per heavy atom. The van der Waals surface area contributed by atoms with Gasteiger partial charge >= 0.3 is 0 Å². The first-order chi connectivity index (χ1) is 12.5. The van der Waals surface area contributed by atoms with Crippen molar-refractivity contribution >= 4 is 5.82 Å². The molecule has 0 atom stereocenters. The van der Waals surface area contributed by atoms with Crippen molar-refractivity contribution in [3.05, 3.63) is 29.6 Å². The van der Waals surface area contributed by atoms with Gasteiger partial charge in [0.15, 0.2) is 17.5 Å². The number of nitrogens with zero attached hydrogens (tertiary/aromatic N) is 3. The van der Waals surface area contributed by atoms with Gasteiger partial charge in [-0.1, -0.05) is 0 Å². The number of aromatic nitrogens is 3. The molecule has 0 saturated heterocycles. The van der Waals surface area contributed by atoms with E-state index in [9.17, 15) is 8.78 Å². The molecule has 2 saturated carbocycles. The molecule has 2 aliphatic rings. The summed E-state index contributed by atoms with van der Waals surface area (Å²) in [6, 6.07) is 1.26. The van der Waals surface area contributed by atoms with Crippen molar-refractivity contribution in [1.82, 2.24) is 14.8 Å². The number of hydrogen-bond donors (Lipinski definition) is 2. The molecule has 0 aromatic carbocycles. The molecule has 5 nitrogen and oxygen atoms in total. The smallest absolute Gasteiger partial charge is 0.168 e. The molecule has 140 valence electrons. The van der Waals surface area contributed by atoms with E-state index < -0.39 is 11.6 Å². The first-order valence-electron chi connectivity index (χ1n) is 9.40. The number of pyridine rings is 1. The van der Waals surface area contributed by atoms with Gasteiger partial charge in [-0.15, -0.1) is 0 Å². The Hall–Kier alpha value is -2.02. The van der Waals surface area contributed by atoms with E-state index in [0.29, 0.717) is 11.5 Å². The predicted molar refractivity (Wildman–Crippen MR) is 96.6 cm³/mol. The summed E-state index contributed by atoms with van der Waals surface area (Å²) < 4.78 is 30.6. The minimum Gasteiger partial charge on any atom is -0.365 e. The Kier molecular flexibility index (Phi) is 4.65. The van der Waals surface area contributed by atoms with Crippen LogP contribution in [0.4, 0.5) is 14.6 Å². The van der Waals surface area contributed by atoms with Gasteiger partial charge in [0.25, 0.3) is 0 Å². The molecule has 26 heavy (non-hydrogen) atoms. The van der Waals surface area contributed by atoms with Crippen LogP contribution in [0.2, 0.25) is 0 Å². The lowest BCUT2D eigenvalue weighted by Crippen LogP contribution is -2.33. The summed E-state index contributed by atoms with van der Waals surface area (Å²) >= 11 is 0. The Morgan fingerprint density at radius 1 is 1.15 bits per heavy atom. The quantitative estimate of drug-likeness (QED) is 0.856. The molecule has 2 aliphatic carbocycles. The van der Waals surface area contributed by atoms with E-state index in [1.165, 1.54) is 12.8 Å². The molecule has 0 aliphatic heterocycles. The highest BCUT2D eigenvalue weighted by atomic mass is 19.1. The van der Waals surface area contributed by atoms with Gasteiger partial charge in [0.2, 0.25) is 0 Å². The summed E-state index contributed by atoms with van der Waals surface area (Å²) in [5.41, 5.74) is 7.72. The van der Waals surface area contributed by atoms with Gasteiger partial charge in [0.1, 0.15) is 5.69 Å². The third-order valence-corrected chi connectivity index (χ3v) is 5.54. The van der Waals surface area contributed by atoms with Crippen LogP contribution < -0.4 is 11.1 Å². The summed E-state index contributed by atoms with van der Waals surface area (Å²) in [7, 11) is 1.85. The highest BCUT2D eigenvalue weighted by molar-refractivity contribution is 5.64. The highest BCUT2D eigenvalue weighted by Crippen LogP contribution is 2.36. The second-order valence-electron chi connectivity index (χ2n) is 7.68. The summed E-state index contributed by atoms with van der Waals surface area (Å²) in [5, 5.41) is 7.42. The van der Waals surface area contributed by atoms with E-state index in [1.54, 1.807) is 10.9 Å². The van der Waals surface area contributed by atoms with Crippen LogP contribution in [0.15, 0.2) is 12.3 Å². The highest BCUT2D eigenvalue weighted by Gasteiger charge is 2.27. The van der Waals surface area contributed by atoms with Gasteiger partial charge in [-0.25, -0.2) is 13.8 Å². The van der Waals surface area contributed by atoms with Crippen molar-refractivity contribution in [2.75, 3.05) is 5.32 Å². The van der Waals surface area contributed by atoms with E-state index in [0.717, 1.165) is 43.9 Å². The molecule has 3 N–H and O–H groups in total. The first kappa shape index (κ1) is 17.4. The first-order valence-corrected chi connectivity index (χ1v) is 9.40. The molecule has 7 heteroatoms. The Morgan fingerprint density at radius 2 is 1.88 bits per heavy atom. The average molecular weight is 361 g/mol. The van der Waals surface area contributed by atoms with Crippen molar-refractivity contribution < 1.29 is 8.78 Å². The number of nitrogens with two attached hydrogens (primary N) is 1. The van der Waals surface area contributed by atoms with Crippen molar-refractivity contribution in [3.8, 4) is 11.3 Å². The predicted octanol–water partition coefficient (Wildman–Crippen LogP) is 3.39. The van der Waals surface area contributed by atoms with Gasteiger partial charge < -0.3 is 11.1 Å². The monoisotopic (exact) mass is 361 g/mol. The van der Waals surface area contributed by atoms with Crippen LogP contribution in [0.1, 0.15) is 44.2 Å². The summed E-state index contributed by atoms with van der Waals surface area (Å²) in [5.74, 6) is -0.558. The van der Waals surface area contributed by atoms with Gasteiger partial charge in [-0.2, -0.15) is 5.10 Å². The minimum absolute atomic E-state index is 0.114. The van der Waals surface area contributed by atoms with Crippen molar-refractivity contribution in [2.45, 2.75) is 57.0 Å². The third-order valence-electron chi connectivity index (χ3n) is 5.54. The summed E-state index contributed by atoms with van der Waals surface area (Å²) in [6.07, 6.45) is 8.42. The van der Waals surface area contributed by atoms with Gasteiger partial charge in [-0.05, 0) is 50.9 Å². The van der Waals surface area contributed by atoms with Crippen molar-refractivity contribution in [3.63, 3.8) is 0 Å². The average Bonchev–Trinajstić information content (AvgIpc) is 3.36. The van der Waals surface area contributed by atoms with Crippen LogP contribution in [0.3, 0.4) is 0 Å². The summed E-state index contributed by atoms with van der Waals surface area (Å²) in [6.45, 7) is 0. The normalized spacial score (nSPS) is 23.2. The van der Waals surface area contributed by atoms with E-state index in [4.69, 9.17) is 5.73 Å². The number of nitrogens with one attached hydrogen (secondary N) is 1. The molecule has 0 amide bonds. The topological polar surface area (TPSA) is 68.8 Å². The lowest BCUT2D eigenvalue weighted by atomic mass is 9.92. The molecule has 0 unspecified atom stereocenters.